The molecule has 0 saturated carbocycles. The molecular formula is C15H16Cl2N2O4. The van der Waals surface area contributed by atoms with Crippen LogP contribution in [0.5, 0.6) is 0 Å². The number of rotatable bonds is 4. The van der Waals surface area contributed by atoms with Crippen LogP contribution in [-0.2, 0) is 9.59 Å². The van der Waals surface area contributed by atoms with Crippen LogP contribution < -0.4 is 5.32 Å². The lowest BCUT2D eigenvalue weighted by Gasteiger charge is -2.25. The Kier molecular flexibility index (Phi) is 5.49. The van der Waals surface area contributed by atoms with Gasteiger partial charge < -0.3 is 15.3 Å². The van der Waals surface area contributed by atoms with Gasteiger partial charge in [0.25, 0.3) is 5.91 Å². The van der Waals surface area contributed by atoms with Crippen molar-refractivity contribution in [3.05, 3.63) is 33.8 Å². The lowest BCUT2D eigenvalue weighted by atomic mass is 10.1. The van der Waals surface area contributed by atoms with Crippen LogP contribution in [0.4, 0.5) is 0 Å². The lowest BCUT2D eigenvalue weighted by molar-refractivity contribution is -0.141. The standard InChI is InChI=1S/C15H16Cl2N2O4/c1-8(15(22)23)18-13(20)12-3-2-6-19(12)14(21)9-4-5-10(16)11(17)7-9/h4-5,7-8,12H,2-3,6H2,1H3,(H,18,20)(H,22,23). The van der Waals surface area contributed by atoms with Gasteiger partial charge in [-0.2, -0.15) is 0 Å². The van der Waals surface area contributed by atoms with Crippen LogP contribution in [0, 0.1) is 0 Å². The van der Waals surface area contributed by atoms with Crippen LogP contribution in [0.3, 0.4) is 0 Å². The van der Waals surface area contributed by atoms with Gasteiger partial charge in [-0.3, -0.25) is 14.4 Å². The van der Waals surface area contributed by atoms with Gasteiger partial charge in [0.1, 0.15) is 12.1 Å². The van der Waals surface area contributed by atoms with E-state index in [4.69, 9.17) is 28.3 Å². The largest absolute Gasteiger partial charge is 0.480 e. The molecule has 1 aliphatic heterocycles. The number of likely N-dealkylation sites (tertiary alicyclic amines) is 1. The summed E-state index contributed by atoms with van der Waals surface area (Å²) < 4.78 is 0. The molecule has 1 heterocycles. The molecule has 1 aliphatic rings. The number of nitrogens with zero attached hydrogens (tertiary/aromatic N) is 1. The maximum Gasteiger partial charge on any atom is 0.325 e. The summed E-state index contributed by atoms with van der Waals surface area (Å²) in [5.74, 6) is -1.92. The Balaban J connectivity index is 2.14. The predicted octanol–water partition coefficient (Wildman–Crippen LogP) is 2.19. The molecule has 0 aromatic heterocycles. The van der Waals surface area contributed by atoms with Crippen LogP contribution in [-0.4, -0.2) is 46.4 Å². The zero-order valence-corrected chi connectivity index (χ0v) is 13.9. The lowest BCUT2D eigenvalue weighted by Crippen LogP contribution is -2.50. The van der Waals surface area contributed by atoms with E-state index in [2.05, 4.69) is 5.32 Å². The number of benzene rings is 1. The molecule has 2 N–H and O–H groups in total. The van der Waals surface area contributed by atoms with E-state index in [1.165, 1.54) is 24.0 Å². The number of nitrogens with one attached hydrogen (secondary N) is 1. The minimum absolute atomic E-state index is 0.261. The van der Waals surface area contributed by atoms with Crippen LogP contribution in [0.1, 0.15) is 30.1 Å². The summed E-state index contributed by atoms with van der Waals surface area (Å²) >= 11 is 11.8. The molecule has 8 heteroatoms. The summed E-state index contributed by atoms with van der Waals surface area (Å²) in [5.41, 5.74) is 0.338. The Bertz CT molecular complexity index is 650. The minimum atomic E-state index is -1.13. The number of halogens is 2. The Labute approximate surface area is 143 Å². The molecule has 0 aliphatic carbocycles. The van der Waals surface area contributed by atoms with Gasteiger partial charge in [0.2, 0.25) is 5.91 Å². The van der Waals surface area contributed by atoms with Crippen molar-refractivity contribution < 1.29 is 19.5 Å². The first-order valence-electron chi connectivity index (χ1n) is 7.10. The Hall–Kier alpha value is -1.79. The Morgan fingerprint density at radius 3 is 2.61 bits per heavy atom. The van der Waals surface area contributed by atoms with Gasteiger partial charge in [0, 0.05) is 12.1 Å². The number of carbonyl (C=O) groups is 3. The fourth-order valence-corrected chi connectivity index (χ4v) is 2.75. The van der Waals surface area contributed by atoms with E-state index < -0.39 is 24.0 Å². The van der Waals surface area contributed by atoms with E-state index >= 15 is 0 Å². The topological polar surface area (TPSA) is 86.7 Å². The second kappa shape index (κ2) is 7.19. The molecule has 2 rings (SSSR count). The molecule has 1 aromatic rings. The molecule has 0 spiro atoms. The highest BCUT2D eigenvalue weighted by atomic mass is 35.5. The highest BCUT2D eigenvalue weighted by molar-refractivity contribution is 6.42. The fraction of sp³-hybridized carbons (Fsp3) is 0.400. The van der Waals surface area contributed by atoms with Gasteiger partial charge in [-0.05, 0) is 38.0 Å². The maximum absolute atomic E-state index is 12.6. The molecule has 2 atom stereocenters. The first-order chi connectivity index (χ1) is 10.8. The zero-order valence-electron chi connectivity index (χ0n) is 12.4. The van der Waals surface area contributed by atoms with E-state index in [-0.39, 0.29) is 10.9 Å². The molecule has 1 saturated heterocycles. The Morgan fingerprint density at radius 1 is 1.30 bits per heavy atom. The van der Waals surface area contributed by atoms with Crippen molar-refractivity contribution in [2.45, 2.75) is 31.8 Å². The van der Waals surface area contributed by atoms with Crippen molar-refractivity contribution >= 4 is 41.0 Å². The second-order valence-electron chi connectivity index (χ2n) is 5.35. The summed E-state index contributed by atoms with van der Waals surface area (Å²) in [6, 6.07) is 2.83. The molecule has 6 nitrogen and oxygen atoms in total. The van der Waals surface area contributed by atoms with E-state index in [0.29, 0.717) is 30.0 Å². The quantitative estimate of drug-likeness (QED) is 0.863. The van der Waals surface area contributed by atoms with Crippen molar-refractivity contribution in [2.75, 3.05) is 6.54 Å². The maximum atomic E-state index is 12.6. The van der Waals surface area contributed by atoms with E-state index in [0.717, 1.165) is 0 Å². The van der Waals surface area contributed by atoms with Crippen molar-refractivity contribution in [3.63, 3.8) is 0 Å². The number of aliphatic carboxylic acids is 1. The molecular weight excluding hydrogens is 343 g/mol. The minimum Gasteiger partial charge on any atom is -0.480 e. The molecule has 124 valence electrons. The third kappa shape index (κ3) is 3.95. The normalized spacial score (nSPS) is 18.6. The summed E-state index contributed by atoms with van der Waals surface area (Å²) in [4.78, 5) is 37.1. The molecule has 0 radical (unpaired) electrons. The van der Waals surface area contributed by atoms with Crippen LogP contribution in [0.25, 0.3) is 0 Å². The average Bonchev–Trinajstić information content (AvgIpc) is 2.98. The van der Waals surface area contributed by atoms with Crippen molar-refractivity contribution in [1.29, 1.82) is 0 Å². The van der Waals surface area contributed by atoms with Gasteiger partial charge >= 0.3 is 5.97 Å². The summed E-state index contributed by atoms with van der Waals surface area (Å²) in [5, 5.41) is 11.9. The highest BCUT2D eigenvalue weighted by Gasteiger charge is 2.35. The van der Waals surface area contributed by atoms with Crippen molar-refractivity contribution in [3.8, 4) is 0 Å². The highest BCUT2D eigenvalue weighted by Crippen LogP contribution is 2.26. The average molecular weight is 359 g/mol. The smallest absolute Gasteiger partial charge is 0.325 e. The van der Waals surface area contributed by atoms with Gasteiger partial charge in [-0.25, -0.2) is 0 Å². The fourth-order valence-electron chi connectivity index (χ4n) is 2.45. The van der Waals surface area contributed by atoms with Gasteiger partial charge in [0.15, 0.2) is 0 Å². The third-order valence-corrected chi connectivity index (χ3v) is 4.45. The molecule has 1 fully saturated rings. The number of amides is 2. The summed E-state index contributed by atoms with van der Waals surface area (Å²) in [6.45, 7) is 1.80. The SMILES string of the molecule is CC(NC(=O)C1CCCN1C(=O)c1ccc(Cl)c(Cl)c1)C(=O)O. The molecule has 0 bridgehead atoms. The van der Waals surface area contributed by atoms with Crippen LogP contribution in [0.15, 0.2) is 18.2 Å². The molecule has 2 unspecified atom stereocenters. The molecule has 2 amide bonds. The number of carbonyl (C=O) groups excluding carboxylic acids is 2. The zero-order chi connectivity index (χ0) is 17.1. The number of hydrogen-bond acceptors (Lipinski definition) is 3. The predicted molar refractivity (Wildman–Crippen MR) is 85.8 cm³/mol. The molecule has 1 aromatic carbocycles. The van der Waals surface area contributed by atoms with Gasteiger partial charge in [-0.15, -0.1) is 0 Å². The van der Waals surface area contributed by atoms with Gasteiger partial charge in [-0.1, -0.05) is 23.2 Å². The Morgan fingerprint density at radius 2 is 2.00 bits per heavy atom. The van der Waals surface area contributed by atoms with Crippen molar-refractivity contribution in [1.82, 2.24) is 10.2 Å². The van der Waals surface area contributed by atoms with Crippen molar-refractivity contribution in [2.24, 2.45) is 0 Å². The van der Waals surface area contributed by atoms with E-state index in [9.17, 15) is 14.4 Å². The summed E-state index contributed by atoms with van der Waals surface area (Å²) in [6.07, 6.45) is 1.16. The van der Waals surface area contributed by atoms with Crippen LogP contribution >= 0.6 is 23.2 Å². The third-order valence-electron chi connectivity index (χ3n) is 3.71. The van der Waals surface area contributed by atoms with E-state index in [1.54, 1.807) is 6.07 Å². The number of carboxylic acids is 1. The monoisotopic (exact) mass is 358 g/mol. The first kappa shape index (κ1) is 17.6. The van der Waals surface area contributed by atoms with Gasteiger partial charge in [0.05, 0.1) is 10.0 Å². The molecule has 23 heavy (non-hydrogen) atoms. The van der Waals surface area contributed by atoms with Crippen LogP contribution in [0.2, 0.25) is 10.0 Å². The number of hydrogen-bond donors (Lipinski definition) is 2. The van der Waals surface area contributed by atoms with E-state index in [1.807, 2.05) is 0 Å². The second-order valence-corrected chi connectivity index (χ2v) is 6.17. The number of carboxylic acid groups (broad SMARTS) is 1. The summed E-state index contributed by atoms with van der Waals surface area (Å²) in [7, 11) is 0. The first-order valence-corrected chi connectivity index (χ1v) is 7.86.